The van der Waals surface area contributed by atoms with Crippen LogP contribution in [0, 0.1) is 12.8 Å². The first-order valence-electron chi connectivity index (χ1n) is 10.8. The molecule has 7 heteroatoms. The van der Waals surface area contributed by atoms with Crippen molar-refractivity contribution in [1.82, 2.24) is 19.8 Å². The van der Waals surface area contributed by atoms with E-state index in [1.54, 1.807) is 11.3 Å². The zero-order valence-corrected chi connectivity index (χ0v) is 17.8. The third-order valence-electron chi connectivity index (χ3n) is 6.81. The highest BCUT2D eigenvalue weighted by Crippen LogP contribution is 2.36. The first-order chi connectivity index (χ1) is 14.1. The number of hydrogen-bond acceptors (Lipinski definition) is 5. The summed E-state index contributed by atoms with van der Waals surface area (Å²) in [6.45, 7) is 5.37. The lowest BCUT2D eigenvalue weighted by Gasteiger charge is -2.33. The molecule has 4 heterocycles. The average molecular weight is 413 g/mol. The number of rotatable bonds is 4. The van der Waals surface area contributed by atoms with Crippen LogP contribution in [0.5, 0.6) is 0 Å². The van der Waals surface area contributed by atoms with Gasteiger partial charge in [-0.2, -0.15) is 0 Å². The summed E-state index contributed by atoms with van der Waals surface area (Å²) in [5.74, 6) is 1.15. The first-order valence-corrected chi connectivity index (χ1v) is 11.7. The number of nitrogens with one attached hydrogen (secondary N) is 1. The van der Waals surface area contributed by atoms with Gasteiger partial charge < -0.3 is 9.88 Å². The summed E-state index contributed by atoms with van der Waals surface area (Å²) in [7, 11) is 0. The highest BCUT2D eigenvalue weighted by molar-refractivity contribution is 7.10. The van der Waals surface area contributed by atoms with E-state index in [0.29, 0.717) is 12.4 Å². The quantitative estimate of drug-likeness (QED) is 0.838. The normalized spacial score (nSPS) is 22.5. The van der Waals surface area contributed by atoms with E-state index in [-0.39, 0.29) is 23.4 Å². The number of hydrogen-bond donors (Lipinski definition) is 1. The molecule has 0 radical (unpaired) electrons. The SMILES string of the molecule is Cc1ccsc1CN1CCc2nc([C@H]3CCCN3C(=O)C3CCC3)[nH]c(=O)c2C1. The van der Waals surface area contributed by atoms with Crippen molar-refractivity contribution >= 4 is 17.2 Å². The third kappa shape index (κ3) is 3.55. The second kappa shape index (κ2) is 7.69. The molecule has 2 aromatic heterocycles. The third-order valence-corrected chi connectivity index (χ3v) is 7.82. The molecule has 2 fully saturated rings. The standard InChI is InChI=1S/C22H28N4O2S/c1-14-8-11-29-19(14)13-25-10-7-17-16(12-25)21(27)24-20(23-17)18-6-3-9-26(18)22(28)15-4-2-5-15/h8,11,15,18H,2-7,9-10,12-13H2,1H3,(H,23,24,27)/t18-/m1/s1. The fourth-order valence-electron chi connectivity index (χ4n) is 4.77. The molecule has 5 rings (SSSR count). The molecule has 1 saturated heterocycles. The van der Waals surface area contributed by atoms with Crippen LogP contribution in [0.25, 0.3) is 0 Å². The lowest BCUT2D eigenvalue weighted by molar-refractivity contribution is -0.139. The molecule has 1 N–H and O–H groups in total. The molecule has 3 aliphatic rings. The highest BCUT2D eigenvalue weighted by atomic mass is 32.1. The van der Waals surface area contributed by atoms with E-state index in [1.807, 2.05) is 4.90 Å². The van der Waals surface area contributed by atoms with Crippen molar-refractivity contribution in [2.45, 2.75) is 64.6 Å². The number of nitrogens with zero attached hydrogens (tertiary/aromatic N) is 3. The van der Waals surface area contributed by atoms with Gasteiger partial charge in [0.15, 0.2) is 0 Å². The molecule has 1 atom stereocenters. The monoisotopic (exact) mass is 412 g/mol. The van der Waals surface area contributed by atoms with Crippen LogP contribution in [0.1, 0.15) is 65.7 Å². The summed E-state index contributed by atoms with van der Waals surface area (Å²) >= 11 is 1.78. The van der Waals surface area contributed by atoms with Crippen molar-refractivity contribution in [2.24, 2.45) is 5.92 Å². The molecule has 154 valence electrons. The van der Waals surface area contributed by atoms with Crippen LogP contribution in [0.4, 0.5) is 0 Å². The smallest absolute Gasteiger partial charge is 0.255 e. The predicted octanol–water partition coefficient (Wildman–Crippen LogP) is 3.16. The fourth-order valence-corrected chi connectivity index (χ4v) is 5.71. The minimum absolute atomic E-state index is 0.0273. The van der Waals surface area contributed by atoms with Gasteiger partial charge in [0.2, 0.25) is 5.91 Å². The molecule has 0 unspecified atom stereocenters. The number of aryl methyl sites for hydroxylation is 1. The Bertz CT molecular complexity index is 977. The van der Waals surface area contributed by atoms with Crippen molar-refractivity contribution in [1.29, 1.82) is 0 Å². The number of fused-ring (bicyclic) bond motifs is 1. The van der Waals surface area contributed by atoms with Crippen molar-refractivity contribution in [3.63, 3.8) is 0 Å². The van der Waals surface area contributed by atoms with Gasteiger partial charge in [-0.3, -0.25) is 14.5 Å². The van der Waals surface area contributed by atoms with Gasteiger partial charge in [-0.1, -0.05) is 6.42 Å². The molecule has 1 aliphatic carbocycles. The predicted molar refractivity (Wildman–Crippen MR) is 113 cm³/mol. The van der Waals surface area contributed by atoms with E-state index in [9.17, 15) is 9.59 Å². The molecule has 2 aliphatic heterocycles. The van der Waals surface area contributed by atoms with Gasteiger partial charge in [-0.15, -0.1) is 11.3 Å². The molecular weight excluding hydrogens is 384 g/mol. The topological polar surface area (TPSA) is 69.3 Å². The van der Waals surface area contributed by atoms with Crippen LogP contribution < -0.4 is 5.56 Å². The summed E-state index contributed by atoms with van der Waals surface area (Å²) in [4.78, 5) is 39.3. The Labute approximate surface area is 175 Å². The van der Waals surface area contributed by atoms with Crippen molar-refractivity contribution in [3.8, 4) is 0 Å². The van der Waals surface area contributed by atoms with Crippen LogP contribution in [0.15, 0.2) is 16.2 Å². The van der Waals surface area contributed by atoms with Gasteiger partial charge in [0.25, 0.3) is 5.56 Å². The Balaban J connectivity index is 1.35. The molecule has 0 bridgehead atoms. The van der Waals surface area contributed by atoms with Crippen LogP contribution >= 0.6 is 11.3 Å². The van der Waals surface area contributed by atoms with Crippen LogP contribution in [0.3, 0.4) is 0 Å². The Hall–Kier alpha value is -1.99. The van der Waals surface area contributed by atoms with Gasteiger partial charge in [0.05, 0.1) is 17.3 Å². The number of amides is 1. The van der Waals surface area contributed by atoms with Crippen molar-refractivity contribution in [3.05, 3.63) is 49.3 Å². The maximum absolute atomic E-state index is 12.9. The Kier molecular flexibility index (Phi) is 5.04. The number of thiophene rings is 1. The maximum Gasteiger partial charge on any atom is 0.255 e. The number of H-pyrrole nitrogens is 1. The van der Waals surface area contributed by atoms with E-state index in [2.05, 4.69) is 28.3 Å². The lowest BCUT2D eigenvalue weighted by atomic mass is 9.84. The average Bonchev–Trinajstić information content (AvgIpc) is 3.30. The second-order valence-corrected chi connectivity index (χ2v) is 9.68. The summed E-state index contributed by atoms with van der Waals surface area (Å²) < 4.78 is 0. The highest BCUT2D eigenvalue weighted by Gasteiger charge is 2.37. The molecule has 1 amide bonds. The minimum atomic E-state index is -0.0621. The van der Waals surface area contributed by atoms with E-state index < -0.39 is 0 Å². The zero-order valence-electron chi connectivity index (χ0n) is 16.9. The number of aromatic amines is 1. The summed E-state index contributed by atoms with van der Waals surface area (Å²) in [6.07, 6.45) is 5.84. The lowest BCUT2D eigenvalue weighted by Crippen LogP contribution is -2.40. The number of aromatic nitrogens is 2. The molecule has 1 saturated carbocycles. The van der Waals surface area contributed by atoms with E-state index in [0.717, 1.165) is 69.4 Å². The molecule has 2 aromatic rings. The van der Waals surface area contributed by atoms with Crippen LogP contribution in [0.2, 0.25) is 0 Å². The Morgan fingerprint density at radius 1 is 1.28 bits per heavy atom. The largest absolute Gasteiger partial charge is 0.332 e. The Morgan fingerprint density at radius 2 is 2.14 bits per heavy atom. The van der Waals surface area contributed by atoms with Crippen LogP contribution in [-0.2, 0) is 24.3 Å². The second-order valence-electron chi connectivity index (χ2n) is 8.68. The van der Waals surface area contributed by atoms with Gasteiger partial charge in [-0.25, -0.2) is 4.98 Å². The van der Waals surface area contributed by atoms with Gasteiger partial charge in [0.1, 0.15) is 5.82 Å². The summed E-state index contributed by atoms with van der Waals surface area (Å²) in [5.41, 5.74) is 3.01. The molecule has 0 aromatic carbocycles. The number of likely N-dealkylation sites (tertiary alicyclic amines) is 1. The minimum Gasteiger partial charge on any atom is -0.332 e. The fraction of sp³-hybridized carbons (Fsp3) is 0.591. The molecule has 0 spiro atoms. The van der Waals surface area contributed by atoms with Gasteiger partial charge in [0, 0.05) is 43.4 Å². The molecule has 29 heavy (non-hydrogen) atoms. The van der Waals surface area contributed by atoms with Crippen LogP contribution in [-0.4, -0.2) is 38.8 Å². The van der Waals surface area contributed by atoms with Gasteiger partial charge >= 0.3 is 0 Å². The molecular formula is C22H28N4O2S. The number of carbonyl (C=O) groups excluding carboxylic acids is 1. The first kappa shape index (κ1) is 19.0. The van der Waals surface area contributed by atoms with E-state index in [4.69, 9.17) is 4.98 Å². The summed E-state index contributed by atoms with van der Waals surface area (Å²) in [6, 6.07) is 2.09. The maximum atomic E-state index is 12.9. The molecule has 6 nitrogen and oxygen atoms in total. The van der Waals surface area contributed by atoms with Crippen molar-refractivity contribution in [2.75, 3.05) is 13.1 Å². The van der Waals surface area contributed by atoms with E-state index >= 15 is 0 Å². The zero-order chi connectivity index (χ0) is 20.0. The van der Waals surface area contributed by atoms with Crippen molar-refractivity contribution < 1.29 is 4.79 Å². The van der Waals surface area contributed by atoms with E-state index in [1.165, 1.54) is 10.4 Å². The summed E-state index contributed by atoms with van der Waals surface area (Å²) in [5, 5.41) is 2.13. The Morgan fingerprint density at radius 3 is 2.86 bits per heavy atom. The number of carbonyl (C=O) groups is 1. The van der Waals surface area contributed by atoms with Gasteiger partial charge in [-0.05, 0) is 49.6 Å².